The van der Waals surface area contributed by atoms with Crippen LogP contribution in [0.4, 0.5) is 4.39 Å². The van der Waals surface area contributed by atoms with Crippen molar-refractivity contribution in [1.29, 1.82) is 0 Å². The van der Waals surface area contributed by atoms with E-state index in [1.165, 1.54) is 6.07 Å². The maximum absolute atomic E-state index is 13.4. The molecule has 7 heteroatoms. The minimum atomic E-state index is -0.224. The van der Waals surface area contributed by atoms with E-state index < -0.39 is 0 Å². The standard InChI is InChI=1S/C20H30FN5O/c1-6-22-20(25(4)14-17-8-7-9-18(21)12-17)23-13-19-15(2)24-26(16(19)3)10-11-27-5/h7-9,12H,6,10-11,13-14H2,1-5H3,(H,22,23). The number of ether oxygens (including phenoxy) is 1. The minimum Gasteiger partial charge on any atom is -0.383 e. The van der Waals surface area contributed by atoms with Crippen LogP contribution in [0.15, 0.2) is 29.3 Å². The number of aromatic nitrogens is 2. The topological polar surface area (TPSA) is 54.7 Å². The summed E-state index contributed by atoms with van der Waals surface area (Å²) in [5, 5.41) is 7.89. The number of hydrogen-bond donors (Lipinski definition) is 1. The van der Waals surface area contributed by atoms with Crippen LogP contribution >= 0.6 is 0 Å². The second-order valence-electron chi connectivity index (χ2n) is 6.52. The van der Waals surface area contributed by atoms with Crippen LogP contribution in [0.3, 0.4) is 0 Å². The second-order valence-corrected chi connectivity index (χ2v) is 6.52. The molecule has 0 aliphatic carbocycles. The summed E-state index contributed by atoms with van der Waals surface area (Å²) < 4.78 is 20.5. The molecule has 0 saturated heterocycles. The fourth-order valence-electron chi connectivity index (χ4n) is 2.97. The molecule has 1 aromatic heterocycles. The number of aryl methyl sites for hydroxylation is 1. The molecule has 0 saturated carbocycles. The first-order chi connectivity index (χ1) is 13.0. The van der Waals surface area contributed by atoms with Crippen LogP contribution in [0, 0.1) is 19.7 Å². The van der Waals surface area contributed by atoms with Crippen LogP contribution in [0.1, 0.15) is 29.4 Å². The Kier molecular flexibility index (Phi) is 7.79. The van der Waals surface area contributed by atoms with Gasteiger partial charge in [-0.05, 0) is 38.5 Å². The molecule has 6 nitrogen and oxygen atoms in total. The lowest BCUT2D eigenvalue weighted by Crippen LogP contribution is -2.38. The molecule has 2 rings (SSSR count). The van der Waals surface area contributed by atoms with Crippen molar-refractivity contribution in [3.63, 3.8) is 0 Å². The van der Waals surface area contributed by atoms with E-state index in [4.69, 9.17) is 9.73 Å². The lowest BCUT2D eigenvalue weighted by Gasteiger charge is -2.22. The summed E-state index contributed by atoms with van der Waals surface area (Å²) >= 11 is 0. The largest absolute Gasteiger partial charge is 0.383 e. The Morgan fingerprint density at radius 3 is 2.81 bits per heavy atom. The Morgan fingerprint density at radius 1 is 1.37 bits per heavy atom. The number of hydrogen-bond acceptors (Lipinski definition) is 3. The first-order valence-corrected chi connectivity index (χ1v) is 9.22. The highest BCUT2D eigenvalue weighted by Crippen LogP contribution is 2.15. The monoisotopic (exact) mass is 375 g/mol. The molecule has 0 aliphatic heterocycles. The lowest BCUT2D eigenvalue weighted by molar-refractivity contribution is 0.182. The maximum atomic E-state index is 13.4. The SMILES string of the molecule is CCNC(=NCc1c(C)nn(CCOC)c1C)N(C)Cc1cccc(F)c1. The number of nitrogens with one attached hydrogen (secondary N) is 1. The maximum Gasteiger partial charge on any atom is 0.194 e. The van der Waals surface area contributed by atoms with Gasteiger partial charge in [0.25, 0.3) is 0 Å². The number of guanidine groups is 1. The first kappa shape index (κ1) is 20.9. The van der Waals surface area contributed by atoms with Crippen LogP contribution in [-0.4, -0.2) is 47.9 Å². The van der Waals surface area contributed by atoms with Gasteiger partial charge in [0.1, 0.15) is 5.82 Å². The predicted molar refractivity (Wildman–Crippen MR) is 106 cm³/mol. The highest BCUT2D eigenvalue weighted by molar-refractivity contribution is 5.79. The van der Waals surface area contributed by atoms with E-state index in [1.54, 1.807) is 19.2 Å². The fraction of sp³-hybridized carbons (Fsp3) is 0.500. The zero-order valence-electron chi connectivity index (χ0n) is 16.9. The third-order valence-electron chi connectivity index (χ3n) is 4.43. The van der Waals surface area contributed by atoms with Gasteiger partial charge in [-0.1, -0.05) is 12.1 Å². The van der Waals surface area contributed by atoms with E-state index in [0.717, 1.165) is 41.6 Å². The van der Waals surface area contributed by atoms with Gasteiger partial charge in [0.2, 0.25) is 0 Å². The average Bonchev–Trinajstić information content (AvgIpc) is 2.90. The number of halogens is 1. The van der Waals surface area contributed by atoms with Crippen molar-refractivity contribution in [2.75, 3.05) is 27.3 Å². The van der Waals surface area contributed by atoms with Gasteiger partial charge in [-0.3, -0.25) is 4.68 Å². The van der Waals surface area contributed by atoms with Crippen LogP contribution in [0.25, 0.3) is 0 Å². The summed E-state index contributed by atoms with van der Waals surface area (Å²) in [6.07, 6.45) is 0. The Morgan fingerprint density at radius 2 is 2.15 bits per heavy atom. The minimum absolute atomic E-state index is 0.224. The third-order valence-corrected chi connectivity index (χ3v) is 4.43. The molecule has 1 heterocycles. The molecule has 0 bridgehead atoms. The third kappa shape index (κ3) is 5.79. The van der Waals surface area contributed by atoms with Gasteiger partial charge in [-0.15, -0.1) is 0 Å². The molecule has 0 fully saturated rings. The summed E-state index contributed by atoms with van der Waals surface area (Å²) in [6.45, 7) is 9.34. The smallest absolute Gasteiger partial charge is 0.194 e. The normalized spacial score (nSPS) is 11.7. The molecule has 27 heavy (non-hydrogen) atoms. The molecular formula is C20H30FN5O. The summed E-state index contributed by atoms with van der Waals surface area (Å²) in [5.41, 5.74) is 4.12. The van der Waals surface area contributed by atoms with Crippen molar-refractivity contribution in [3.05, 3.63) is 52.6 Å². The second kappa shape index (κ2) is 10.1. The molecule has 0 radical (unpaired) electrons. The molecule has 0 atom stereocenters. The van der Waals surface area contributed by atoms with Crippen LogP contribution in [0.5, 0.6) is 0 Å². The van der Waals surface area contributed by atoms with E-state index >= 15 is 0 Å². The molecule has 0 amide bonds. The Balaban J connectivity index is 2.14. The van der Waals surface area contributed by atoms with Gasteiger partial charge >= 0.3 is 0 Å². The Labute approximate surface area is 161 Å². The zero-order chi connectivity index (χ0) is 19.8. The molecule has 0 aliphatic rings. The molecule has 0 unspecified atom stereocenters. The summed E-state index contributed by atoms with van der Waals surface area (Å²) in [7, 11) is 3.64. The number of methoxy groups -OCH3 is 1. The van der Waals surface area contributed by atoms with Gasteiger partial charge in [-0.2, -0.15) is 5.10 Å². The quantitative estimate of drug-likeness (QED) is 0.569. The van der Waals surface area contributed by atoms with E-state index in [1.807, 2.05) is 36.5 Å². The Bertz CT molecular complexity index is 772. The van der Waals surface area contributed by atoms with Crippen molar-refractivity contribution in [2.24, 2.45) is 4.99 Å². The van der Waals surface area contributed by atoms with Crippen molar-refractivity contribution >= 4 is 5.96 Å². The van der Waals surface area contributed by atoms with Crippen molar-refractivity contribution < 1.29 is 9.13 Å². The number of aliphatic imine (C=N–C) groups is 1. The molecule has 0 spiro atoms. The van der Waals surface area contributed by atoms with Crippen LogP contribution in [0.2, 0.25) is 0 Å². The van der Waals surface area contributed by atoms with E-state index in [9.17, 15) is 4.39 Å². The fourth-order valence-corrected chi connectivity index (χ4v) is 2.97. The molecule has 1 aromatic carbocycles. The van der Waals surface area contributed by atoms with Gasteiger partial charge < -0.3 is 15.0 Å². The van der Waals surface area contributed by atoms with E-state index in [0.29, 0.717) is 19.7 Å². The first-order valence-electron chi connectivity index (χ1n) is 9.22. The number of benzene rings is 1. The summed E-state index contributed by atoms with van der Waals surface area (Å²) in [6, 6.07) is 6.64. The van der Waals surface area contributed by atoms with Gasteiger partial charge in [0, 0.05) is 38.5 Å². The van der Waals surface area contributed by atoms with Gasteiger partial charge in [-0.25, -0.2) is 9.38 Å². The Hall–Kier alpha value is -2.41. The summed E-state index contributed by atoms with van der Waals surface area (Å²) in [5.74, 6) is 0.558. The average molecular weight is 375 g/mol. The zero-order valence-corrected chi connectivity index (χ0v) is 16.9. The van der Waals surface area contributed by atoms with Crippen molar-refractivity contribution in [2.45, 2.75) is 40.4 Å². The molecule has 1 N–H and O–H groups in total. The lowest BCUT2D eigenvalue weighted by atomic mass is 10.2. The molecular weight excluding hydrogens is 345 g/mol. The van der Waals surface area contributed by atoms with E-state index in [2.05, 4.69) is 17.3 Å². The van der Waals surface area contributed by atoms with Gasteiger partial charge in [0.15, 0.2) is 5.96 Å². The highest BCUT2D eigenvalue weighted by Gasteiger charge is 2.13. The number of nitrogens with zero attached hydrogens (tertiary/aromatic N) is 4. The molecule has 2 aromatic rings. The van der Waals surface area contributed by atoms with Gasteiger partial charge in [0.05, 0.1) is 25.4 Å². The predicted octanol–water partition coefficient (Wildman–Crippen LogP) is 2.88. The van der Waals surface area contributed by atoms with Crippen LogP contribution in [-0.2, 0) is 24.4 Å². The molecule has 148 valence electrons. The summed E-state index contributed by atoms with van der Waals surface area (Å²) in [4.78, 5) is 6.77. The van der Waals surface area contributed by atoms with Crippen molar-refractivity contribution in [1.82, 2.24) is 20.0 Å². The van der Waals surface area contributed by atoms with Crippen LogP contribution < -0.4 is 5.32 Å². The number of rotatable bonds is 8. The van der Waals surface area contributed by atoms with E-state index in [-0.39, 0.29) is 5.82 Å². The van der Waals surface area contributed by atoms with Crippen molar-refractivity contribution in [3.8, 4) is 0 Å². The highest BCUT2D eigenvalue weighted by atomic mass is 19.1.